The molecule has 0 atom stereocenters. The lowest BCUT2D eigenvalue weighted by Gasteiger charge is -1.84. The third-order valence-corrected chi connectivity index (χ3v) is 2.09. The van der Waals surface area contributed by atoms with Crippen LogP contribution < -0.4 is 4.52 Å². The van der Waals surface area contributed by atoms with E-state index in [2.05, 4.69) is 15.1 Å². The summed E-state index contributed by atoms with van der Waals surface area (Å²) < 4.78 is 2.81. The molecule has 8 heteroatoms. The minimum absolute atomic E-state index is 0.0604. The van der Waals surface area contributed by atoms with Crippen molar-refractivity contribution < 1.29 is 9.44 Å². The first-order chi connectivity index (χ1) is 7.27. The number of hydrogen-bond acceptors (Lipinski definition) is 4. The molecule has 0 aromatic carbocycles. The van der Waals surface area contributed by atoms with Crippen molar-refractivity contribution in [2.45, 2.75) is 0 Å². The summed E-state index contributed by atoms with van der Waals surface area (Å²) in [7, 11) is 0. The van der Waals surface area contributed by atoms with E-state index >= 15 is 0 Å². The molecule has 0 amide bonds. The summed E-state index contributed by atoms with van der Waals surface area (Å²) in [6.07, 6.45) is 4.61. The predicted molar refractivity (Wildman–Crippen MR) is 47.2 cm³/mol. The summed E-state index contributed by atoms with van der Waals surface area (Å²) >= 11 is 0. The lowest BCUT2D eigenvalue weighted by Crippen LogP contribution is -2.25. The molecule has 0 aliphatic carbocycles. The number of nitrogens with zero attached hydrogens (tertiary/aromatic N) is 5. The Labute approximate surface area is 81.9 Å². The van der Waals surface area contributed by atoms with E-state index in [1.165, 1.54) is 27.6 Å². The van der Waals surface area contributed by atoms with E-state index in [1.807, 2.05) is 0 Å². The van der Waals surface area contributed by atoms with Crippen LogP contribution in [-0.2, 0) is 0 Å². The molecular formula is C7H5N6O2+. The van der Waals surface area contributed by atoms with Crippen LogP contribution in [0.3, 0.4) is 0 Å². The molecular weight excluding hydrogens is 200 g/mol. The van der Waals surface area contributed by atoms with Gasteiger partial charge in [0.2, 0.25) is 0 Å². The number of aromatic amines is 1. The Bertz CT molecular complexity index is 668. The molecule has 0 unspecified atom stereocenters. The van der Waals surface area contributed by atoms with Gasteiger partial charge in [-0.2, -0.15) is 0 Å². The van der Waals surface area contributed by atoms with E-state index in [0.717, 1.165) is 0 Å². The Morgan fingerprint density at radius 1 is 1.47 bits per heavy atom. The first kappa shape index (κ1) is 7.85. The number of H-pyrrole nitrogens is 1. The van der Waals surface area contributed by atoms with Gasteiger partial charge in [-0.25, -0.2) is 4.98 Å². The maximum absolute atomic E-state index is 10.7. The number of rotatable bonds is 1. The summed E-state index contributed by atoms with van der Waals surface area (Å²) in [6.45, 7) is 0. The van der Waals surface area contributed by atoms with Gasteiger partial charge in [0, 0.05) is 0 Å². The number of aromatic nitrogens is 5. The molecule has 0 aliphatic rings. The Morgan fingerprint density at radius 3 is 3.07 bits per heavy atom. The lowest BCUT2D eigenvalue weighted by atomic mass is 10.6. The predicted octanol–water partition coefficient (Wildman–Crippen LogP) is -0.296. The molecule has 8 nitrogen and oxygen atoms in total. The van der Waals surface area contributed by atoms with Gasteiger partial charge < -0.3 is 10.1 Å². The fourth-order valence-electron chi connectivity index (χ4n) is 1.48. The van der Waals surface area contributed by atoms with Crippen molar-refractivity contribution in [1.29, 1.82) is 0 Å². The van der Waals surface area contributed by atoms with Gasteiger partial charge in [-0.05, 0) is 9.44 Å². The highest BCUT2D eigenvalue weighted by Crippen LogP contribution is 2.08. The highest BCUT2D eigenvalue weighted by Gasteiger charge is 2.23. The van der Waals surface area contributed by atoms with Crippen LogP contribution in [0.5, 0.6) is 0 Å². The van der Waals surface area contributed by atoms with E-state index < -0.39 is 4.92 Å². The van der Waals surface area contributed by atoms with E-state index in [-0.39, 0.29) is 5.82 Å². The van der Waals surface area contributed by atoms with Gasteiger partial charge in [-0.3, -0.25) is 0 Å². The van der Waals surface area contributed by atoms with Crippen LogP contribution in [0.15, 0.2) is 24.7 Å². The van der Waals surface area contributed by atoms with E-state index in [0.29, 0.717) is 11.3 Å². The fourth-order valence-corrected chi connectivity index (χ4v) is 1.48. The summed E-state index contributed by atoms with van der Waals surface area (Å²) in [4.78, 5) is 18.3. The molecule has 0 aliphatic heterocycles. The molecule has 3 aromatic rings. The molecule has 74 valence electrons. The number of nitro groups is 1. The molecule has 3 rings (SSSR count). The summed E-state index contributed by atoms with van der Waals surface area (Å²) in [6, 6.07) is 1.39. The molecule has 0 bridgehead atoms. The molecule has 15 heavy (non-hydrogen) atoms. The zero-order valence-corrected chi connectivity index (χ0v) is 7.36. The zero-order valence-electron chi connectivity index (χ0n) is 7.36. The van der Waals surface area contributed by atoms with E-state index in [9.17, 15) is 10.1 Å². The van der Waals surface area contributed by atoms with Crippen molar-refractivity contribution in [1.82, 2.24) is 19.7 Å². The molecule has 0 spiro atoms. The highest BCUT2D eigenvalue weighted by molar-refractivity contribution is 5.58. The minimum Gasteiger partial charge on any atom is -0.358 e. The third-order valence-electron chi connectivity index (χ3n) is 2.09. The lowest BCUT2D eigenvalue weighted by molar-refractivity contribution is -0.601. The van der Waals surface area contributed by atoms with Crippen molar-refractivity contribution in [3.05, 3.63) is 34.8 Å². The monoisotopic (exact) mass is 205 g/mol. The van der Waals surface area contributed by atoms with Crippen LogP contribution in [0.1, 0.15) is 0 Å². The van der Waals surface area contributed by atoms with Crippen molar-refractivity contribution in [2.24, 2.45) is 0 Å². The minimum atomic E-state index is -0.477. The first-order valence-corrected chi connectivity index (χ1v) is 4.14. The van der Waals surface area contributed by atoms with Gasteiger partial charge in [-0.15, -0.1) is 10.1 Å². The molecule has 3 aromatic heterocycles. The quantitative estimate of drug-likeness (QED) is 0.335. The van der Waals surface area contributed by atoms with Crippen molar-refractivity contribution >= 4 is 17.1 Å². The van der Waals surface area contributed by atoms with Crippen LogP contribution in [0.25, 0.3) is 11.3 Å². The van der Waals surface area contributed by atoms with Gasteiger partial charge in [0.05, 0.1) is 16.9 Å². The van der Waals surface area contributed by atoms with Gasteiger partial charge in [0.1, 0.15) is 12.4 Å². The molecule has 0 saturated heterocycles. The number of hydrogen-bond donors (Lipinski definition) is 1. The zero-order chi connectivity index (χ0) is 10.4. The second-order valence-corrected chi connectivity index (χ2v) is 2.93. The van der Waals surface area contributed by atoms with Crippen LogP contribution >= 0.6 is 0 Å². The van der Waals surface area contributed by atoms with Crippen molar-refractivity contribution in [3.8, 4) is 0 Å². The molecule has 0 saturated carbocycles. The largest absolute Gasteiger partial charge is 0.395 e. The Morgan fingerprint density at radius 2 is 2.27 bits per heavy atom. The summed E-state index contributed by atoms with van der Waals surface area (Å²) in [5, 5.41) is 13.4. The average Bonchev–Trinajstić information content (AvgIpc) is 2.74. The Hall–Kier alpha value is -2.51. The summed E-state index contributed by atoms with van der Waals surface area (Å²) in [5.74, 6) is -0.0604. The van der Waals surface area contributed by atoms with Gasteiger partial charge >= 0.3 is 17.1 Å². The van der Waals surface area contributed by atoms with Gasteiger partial charge in [0.25, 0.3) is 0 Å². The molecule has 3 heterocycles. The van der Waals surface area contributed by atoms with Crippen LogP contribution in [-0.4, -0.2) is 24.6 Å². The van der Waals surface area contributed by atoms with Gasteiger partial charge in [-0.1, -0.05) is 0 Å². The van der Waals surface area contributed by atoms with Crippen LogP contribution in [0.2, 0.25) is 0 Å². The molecule has 1 N–H and O–H groups in total. The average molecular weight is 205 g/mol. The second kappa shape index (κ2) is 2.50. The normalized spacial score (nSPS) is 11.2. The van der Waals surface area contributed by atoms with Crippen molar-refractivity contribution in [2.75, 3.05) is 0 Å². The van der Waals surface area contributed by atoms with E-state index in [4.69, 9.17) is 0 Å². The summed E-state index contributed by atoms with van der Waals surface area (Å²) in [5.41, 5.74) is 1.05. The third kappa shape index (κ3) is 0.923. The SMILES string of the molecule is O=[N+]([O-])c1cc[n+]2c3nccnc3[nH]n12. The topological polar surface area (TPSA) is 93.2 Å². The second-order valence-electron chi connectivity index (χ2n) is 2.93. The molecule has 0 fully saturated rings. The maximum Gasteiger partial charge on any atom is 0.395 e. The Kier molecular flexibility index (Phi) is 1.31. The highest BCUT2D eigenvalue weighted by atomic mass is 16.6. The van der Waals surface area contributed by atoms with Crippen LogP contribution in [0.4, 0.5) is 5.82 Å². The molecule has 0 radical (unpaired) electrons. The first-order valence-electron chi connectivity index (χ1n) is 4.14. The van der Waals surface area contributed by atoms with Crippen molar-refractivity contribution in [3.63, 3.8) is 0 Å². The maximum atomic E-state index is 10.7. The number of nitrogens with one attached hydrogen (secondary N) is 1. The number of fused-ring (bicyclic) bond motifs is 3. The van der Waals surface area contributed by atoms with Gasteiger partial charge in [0.15, 0.2) is 0 Å². The van der Waals surface area contributed by atoms with E-state index in [1.54, 1.807) is 6.20 Å². The fraction of sp³-hybridized carbons (Fsp3) is 0. The smallest absolute Gasteiger partial charge is 0.358 e. The Balaban J connectivity index is 2.50. The standard InChI is InChI=1S/C7H5N6O2/c14-13(15)5-1-4-11-7-6(10-12(5)11)8-2-3-9-7/h1-4H,(H,8,10)/q+1. The van der Waals surface area contributed by atoms with Crippen LogP contribution in [0, 0.1) is 10.1 Å².